The van der Waals surface area contributed by atoms with Gasteiger partial charge in [0.15, 0.2) is 0 Å². The predicted molar refractivity (Wildman–Crippen MR) is 90.3 cm³/mol. The van der Waals surface area contributed by atoms with Gasteiger partial charge in [0.25, 0.3) is 0 Å². The zero-order valence-corrected chi connectivity index (χ0v) is 14.7. The highest BCUT2D eigenvalue weighted by molar-refractivity contribution is 9.10. The maximum atomic E-state index is 6.29. The topological polar surface area (TPSA) is 15.3 Å². The molecule has 0 radical (unpaired) electrons. The van der Waals surface area contributed by atoms with Crippen molar-refractivity contribution in [3.05, 3.63) is 33.3 Å². The summed E-state index contributed by atoms with van der Waals surface area (Å²) in [7, 11) is 0. The number of nitrogens with zero attached hydrogens (tertiary/aromatic N) is 1. The molecule has 0 spiro atoms. The minimum Gasteiger partial charge on any atom is -0.314 e. The quantitative estimate of drug-likeness (QED) is 0.842. The van der Waals surface area contributed by atoms with Crippen LogP contribution in [0.4, 0.5) is 0 Å². The van der Waals surface area contributed by atoms with Gasteiger partial charge >= 0.3 is 0 Å². The Morgan fingerprint density at radius 2 is 2.25 bits per heavy atom. The highest BCUT2D eigenvalue weighted by Crippen LogP contribution is 2.24. The van der Waals surface area contributed by atoms with Crippen molar-refractivity contribution in [3.63, 3.8) is 0 Å². The van der Waals surface area contributed by atoms with Crippen molar-refractivity contribution >= 4 is 27.5 Å². The largest absolute Gasteiger partial charge is 0.314 e. The lowest BCUT2D eigenvalue weighted by molar-refractivity contribution is 0.164. The minimum atomic E-state index is 0.574. The molecule has 0 aliphatic carbocycles. The fourth-order valence-corrected chi connectivity index (χ4v) is 3.36. The number of piperidine rings is 1. The van der Waals surface area contributed by atoms with Gasteiger partial charge in [0.1, 0.15) is 0 Å². The molecule has 0 amide bonds. The molecular weight excluding hydrogens is 336 g/mol. The van der Waals surface area contributed by atoms with Crippen LogP contribution < -0.4 is 5.32 Å². The number of nitrogens with one attached hydrogen (secondary N) is 1. The molecule has 1 unspecified atom stereocenters. The second-order valence-corrected chi connectivity index (χ2v) is 7.36. The van der Waals surface area contributed by atoms with Crippen LogP contribution in [0.1, 0.15) is 32.3 Å². The minimum absolute atomic E-state index is 0.574. The summed E-state index contributed by atoms with van der Waals surface area (Å²) in [5.74, 6) is 0.761. The molecule has 1 aromatic rings. The van der Waals surface area contributed by atoms with Crippen molar-refractivity contribution in [2.75, 3.05) is 19.6 Å². The van der Waals surface area contributed by atoms with E-state index < -0.39 is 0 Å². The van der Waals surface area contributed by atoms with Crippen LogP contribution in [0, 0.1) is 5.92 Å². The third kappa shape index (κ3) is 5.03. The van der Waals surface area contributed by atoms with Crippen molar-refractivity contribution in [2.24, 2.45) is 5.92 Å². The van der Waals surface area contributed by atoms with Gasteiger partial charge in [-0.25, -0.2) is 0 Å². The van der Waals surface area contributed by atoms with Crippen molar-refractivity contribution < 1.29 is 0 Å². The molecular formula is C16H24BrClN2. The molecule has 1 N–H and O–H groups in total. The normalized spacial score (nSPS) is 20.6. The Kier molecular flexibility index (Phi) is 6.34. The number of rotatable bonds is 5. The average Bonchev–Trinajstić information content (AvgIpc) is 2.41. The monoisotopic (exact) mass is 358 g/mol. The molecule has 1 fully saturated rings. The van der Waals surface area contributed by atoms with Crippen LogP contribution in [0.15, 0.2) is 22.7 Å². The first kappa shape index (κ1) is 16.3. The zero-order chi connectivity index (χ0) is 14.5. The van der Waals surface area contributed by atoms with Crippen LogP contribution in [-0.4, -0.2) is 30.6 Å². The molecule has 0 saturated carbocycles. The van der Waals surface area contributed by atoms with Crippen LogP contribution >= 0.6 is 27.5 Å². The van der Waals surface area contributed by atoms with E-state index in [4.69, 9.17) is 11.6 Å². The summed E-state index contributed by atoms with van der Waals surface area (Å²) >= 11 is 9.82. The van der Waals surface area contributed by atoms with E-state index in [1.807, 2.05) is 12.1 Å². The second kappa shape index (κ2) is 7.79. The van der Waals surface area contributed by atoms with Crippen LogP contribution in [0.2, 0.25) is 5.02 Å². The third-order valence-electron chi connectivity index (χ3n) is 3.82. The fourth-order valence-electron chi connectivity index (χ4n) is 2.77. The lowest BCUT2D eigenvalue weighted by Gasteiger charge is -2.33. The van der Waals surface area contributed by atoms with Crippen LogP contribution in [0.3, 0.4) is 0 Å². The molecule has 1 saturated heterocycles. The van der Waals surface area contributed by atoms with Crippen molar-refractivity contribution in [3.8, 4) is 0 Å². The van der Waals surface area contributed by atoms with Crippen LogP contribution in [-0.2, 0) is 6.54 Å². The standard InChI is InChI=1S/C16H24BrClN2/c1-12(2)19-9-13-4-3-7-20(10-13)11-14-8-15(17)5-6-16(14)18/h5-6,8,12-13,19H,3-4,7,9-11H2,1-2H3. The molecule has 1 heterocycles. The van der Waals surface area contributed by atoms with Crippen molar-refractivity contribution in [2.45, 2.75) is 39.3 Å². The summed E-state index contributed by atoms with van der Waals surface area (Å²) in [4.78, 5) is 2.53. The fraction of sp³-hybridized carbons (Fsp3) is 0.625. The van der Waals surface area contributed by atoms with Gasteiger partial charge in [-0.1, -0.05) is 41.4 Å². The van der Waals surface area contributed by atoms with Crippen molar-refractivity contribution in [1.29, 1.82) is 0 Å². The summed E-state index contributed by atoms with van der Waals surface area (Å²) < 4.78 is 1.10. The Bertz CT molecular complexity index is 436. The molecule has 112 valence electrons. The summed E-state index contributed by atoms with van der Waals surface area (Å²) in [5, 5.41) is 4.43. The highest BCUT2D eigenvalue weighted by Gasteiger charge is 2.20. The Labute approximate surface area is 136 Å². The van der Waals surface area contributed by atoms with E-state index in [9.17, 15) is 0 Å². The molecule has 2 nitrogen and oxygen atoms in total. The van der Waals surface area contributed by atoms with E-state index in [0.717, 1.165) is 28.5 Å². The lowest BCUT2D eigenvalue weighted by atomic mass is 9.97. The first-order valence-electron chi connectivity index (χ1n) is 7.44. The molecule has 4 heteroatoms. The van der Waals surface area contributed by atoms with E-state index in [1.54, 1.807) is 0 Å². The van der Waals surface area contributed by atoms with Crippen LogP contribution in [0.5, 0.6) is 0 Å². The Hall–Kier alpha value is -0.0900. The first-order chi connectivity index (χ1) is 9.54. The molecule has 1 atom stereocenters. The van der Waals surface area contributed by atoms with Gasteiger partial charge in [0.2, 0.25) is 0 Å². The molecule has 20 heavy (non-hydrogen) atoms. The molecule has 1 aromatic carbocycles. The summed E-state index contributed by atoms with van der Waals surface area (Å²) in [6, 6.07) is 6.68. The van der Waals surface area contributed by atoms with Crippen LogP contribution in [0.25, 0.3) is 0 Å². The molecule has 0 aromatic heterocycles. The zero-order valence-electron chi connectivity index (χ0n) is 12.3. The van der Waals surface area contributed by atoms with Gasteiger partial charge in [-0.2, -0.15) is 0 Å². The van der Waals surface area contributed by atoms with Gasteiger partial charge < -0.3 is 5.32 Å². The second-order valence-electron chi connectivity index (χ2n) is 6.04. The number of benzene rings is 1. The van der Waals surface area contributed by atoms with Gasteiger partial charge in [-0.3, -0.25) is 4.90 Å². The highest BCUT2D eigenvalue weighted by atomic mass is 79.9. The van der Waals surface area contributed by atoms with Gasteiger partial charge in [-0.15, -0.1) is 0 Å². The van der Waals surface area contributed by atoms with Gasteiger partial charge in [-0.05, 0) is 55.6 Å². The predicted octanol–water partition coefficient (Wildman–Crippen LogP) is 4.31. The number of likely N-dealkylation sites (tertiary alicyclic amines) is 1. The third-order valence-corrected chi connectivity index (χ3v) is 4.68. The maximum Gasteiger partial charge on any atom is 0.0451 e. The van der Waals surface area contributed by atoms with E-state index >= 15 is 0 Å². The SMILES string of the molecule is CC(C)NCC1CCCN(Cc2cc(Br)ccc2Cl)C1. The summed E-state index contributed by atoms with van der Waals surface area (Å²) in [5.41, 5.74) is 1.22. The Balaban J connectivity index is 1.90. The number of halogens is 2. The Morgan fingerprint density at radius 1 is 1.45 bits per heavy atom. The van der Waals surface area contributed by atoms with E-state index in [0.29, 0.717) is 6.04 Å². The Morgan fingerprint density at radius 3 is 3.00 bits per heavy atom. The maximum absolute atomic E-state index is 6.29. The van der Waals surface area contributed by atoms with E-state index in [-0.39, 0.29) is 0 Å². The van der Waals surface area contributed by atoms with Crippen molar-refractivity contribution in [1.82, 2.24) is 10.2 Å². The smallest absolute Gasteiger partial charge is 0.0451 e. The number of hydrogen-bond donors (Lipinski definition) is 1. The van der Waals surface area contributed by atoms with E-state index in [2.05, 4.69) is 46.1 Å². The summed E-state index contributed by atoms with van der Waals surface area (Å²) in [6.45, 7) is 8.85. The molecule has 1 aliphatic rings. The number of hydrogen-bond acceptors (Lipinski definition) is 2. The van der Waals surface area contributed by atoms with Gasteiger partial charge in [0, 0.05) is 28.6 Å². The lowest BCUT2D eigenvalue weighted by Crippen LogP contribution is -2.40. The molecule has 0 bridgehead atoms. The van der Waals surface area contributed by atoms with Gasteiger partial charge in [0.05, 0.1) is 0 Å². The first-order valence-corrected chi connectivity index (χ1v) is 8.61. The summed E-state index contributed by atoms with van der Waals surface area (Å²) in [6.07, 6.45) is 2.62. The van der Waals surface area contributed by atoms with E-state index in [1.165, 1.54) is 31.5 Å². The average molecular weight is 360 g/mol. The molecule has 2 rings (SSSR count). The molecule has 1 aliphatic heterocycles.